The Morgan fingerprint density at radius 3 is 2.76 bits per heavy atom. The molecule has 0 aliphatic heterocycles. The van der Waals surface area contributed by atoms with Crippen molar-refractivity contribution in [1.82, 2.24) is 5.32 Å². The summed E-state index contributed by atoms with van der Waals surface area (Å²) >= 11 is 2.14. The van der Waals surface area contributed by atoms with Gasteiger partial charge in [-0.3, -0.25) is 0 Å². The number of hydrogen-bond donors (Lipinski definition) is 2. The second-order valence-corrected chi connectivity index (χ2v) is 7.21. The molecule has 0 spiro atoms. The van der Waals surface area contributed by atoms with Crippen molar-refractivity contribution in [2.45, 2.75) is 75.1 Å². The number of nitrogens with one attached hydrogen (secondary N) is 1. The van der Waals surface area contributed by atoms with Crippen LogP contribution in [0, 0.1) is 0 Å². The van der Waals surface area contributed by atoms with E-state index in [-0.39, 0.29) is 5.54 Å². The lowest BCUT2D eigenvalue weighted by Gasteiger charge is -2.28. The van der Waals surface area contributed by atoms with Crippen molar-refractivity contribution in [3.8, 4) is 0 Å². The van der Waals surface area contributed by atoms with E-state index in [1.165, 1.54) is 57.1 Å². The molecule has 0 aromatic rings. The molecule has 0 amide bonds. The normalized spacial score (nSPS) is 33.2. The van der Waals surface area contributed by atoms with Crippen molar-refractivity contribution in [3.63, 3.8) is 0 Å². The number of hydrogen-bond acceptors (Lipinski definition) is 3. The van der Waals surface area contributed by atoms with E-state index in [9.17, 15) is 5.11 Å². The largest absolute Gasteiger partial charge is 0.394 e. The molecule has 3 heteroatoms. The second kappa shape index (κ2) is 6.44. The molecular weight excluding hydrogens is 230 g/mol. The maximum atomic E-state index is 9.65. The average Bonchev–Trinajstić information content (AvgIpc) is 3.05. The summed E-state index contributed by atoms with van der Waals surface area (Å²) in [6.45, 7) is 2.59. The zero-order valence-electron chi connectivity index (χ0n) is 11.1. The SMILES string of the molecule is CCCCCSC1CCC(CO)(NC2CC2)C1. The van der Waals surface area contributed by atoms with Crippen LogP contribution in [0.15, 0.2) is 0 Å². The minimum Gasteiger partial charge on any atom is -0.394 e. The van der Waals surface area contributed by atoms with Crippen LogP contribution in [0.4, 0.5) is 0 Å². The van der Waals surface area contributed by atoms with E-state index in [0.29, 0.717) is 12.6 Å². The molecule has 0 heterocycles. The standard InChI is InChI=1S/C14H27NOS/c1-2-3-4-9-17-13-7-8-14(10-13,11-16)15-12-5-6-12/h12-13,15-16H,2-11H2,1H3. The summed E-state index contributed by atoms with van der Waals surface area (Å²) in [5.74, 6) is 1.31. The van der Waals surface area contributed by atoms with Crippen molar-refractivity contribution >= 4 is 11.8 Å². The van der Waals surface area contributed by atoms with E-state index in [2.05, 4.69) is 24.0 Å². The lowest BCUT2D eigenvalue weighted by molar-refractivity contribution is 0.163. The average molecular weight is 257 g/mol. The van der Waals surface area contributed by atoms with Gasteiger partial charge in [-0.25, -0.2) is 0 Å². The van der Waals surface area contributed by atoms with Crippen LogP contribution in [-0.2, 0) is 0 Å². The molecule has 2 atom stereocenters. The zero-order chi connectivity index (χ0) is 12.1. The minimum atomic E-state index is 0.0730. The smallest absolute Gasteiger partial charge is 0.0613 e. The van der Waals surface area contributed by atoms with Gasteiger partial charge in [0.15, 0.2) is 0 Å². The molecule has 2 fully saturated rings. The first-order valence-corrected chi connectivity index (χ1v) is 8.33. The third-order valence-corrected chi connectivity index (χ3v) is 5.45. The Kier molecular flexibility index (Phi) is 5.19. The van der Waals surface area contributed by atoms with Gasteiger partial charge < -0.3 is 10.4 Å². The highest BCUT2D eigenvalue weighted by Crippen LogP contribution is 2.39. The molecule has 2 saturated carbocycles. The Balaban J connectivity index is 1.68. The zero-order valence-corrected chi connectivity index (χ0v) is 11.9. The molecule has 2 rings (SSSR count). The highest BCUT2D eigenvalue weighted by molar-refractivity contribution is 7.99. The van der Waals surface area contributed by atoms with Gasteiger partial charge >= 0.3 is 0 Å². The quantitative estimate of drug-likeness (QED) is 0.656. The molecule has 2 aliphatic rings. The Hall–Kier alpha value is 0.270. The summed E-state index contributed by atoms with van der Waals surface area (Å²) in [5, 5.41) is 14.1. The fourth-order valence-corrected chi connectivity index (χ4v) is 4.23. The van der Waals surface area contributed by atoms with Crippen LogP contribution in [0.3, 0.4) is 0 Å². The van der Waals surface area contributed by atoms with Gasteiger partial charge in [-0.1, -0.05) is 19.8 Å². The number of aliphatic hydroxyl groups excluding tert-OH is 1. The Labute approximate surface area is 110 Å². The third-order valence-electron chi connectivity index (χ3n) is 4.06. The molecule has 0 aromatic heterocycles. The van der Waals surface area contributed by atoms with E-state index in [1.807, 2.05) is 0 Å². The molecule has 0 aromatic carbocycles. The van der Waals surface area contributed by atoms with Crippen molar-refractivity contribution in [1.29, 1.82) is 0 Å². The van der Waals surface area contributed by atoms with E-state index >= 15 is 0 Å². The molecule has 2 N–H and O–H groups in total. The maximum absolute atomic E-state index is 9.65. The molecule has 2 nitrogen and oxygen atoms in total. The summed E-state index contributed by atoms with van der Waals surface area (Å²) in [4.78, 5) is 0. The summed E-state index contributed by atoms with van der Waals surface area (Å²) in [6.07, 6.45) is 10.3. The highest BCUT2D eigenvalue weighted by Gasteiger charge is 2.41. The van der Waals surface area contributed by atoms with Crippen LogP contribution in [0.1, 0.15) is 58.3 Å². The first kappa shape index (κ1) is 13.7. The molecule has 0 radical (unpaired) electrons. The Morgan fingerprint density at radius 2 is 2.12 bits per heavy atom. The van der Waals surface area contributed by atoms with Gasteiger partial charge in [0.2, 0.25) is 0 Å². The summed E-state index contributed by atoms with van der Waals surface area (Å²) in [7, 11) is 0. The van der Waals surface area contributed by atoms with Gasteiger partial charge in [0, 0.05) is 16.8 Å². The van der Waals surface area contributed by atoms with Gasteiger partial charge in [0.05, 0.1) is 6.61 Å². The van der Waals surface area contributed by atoms with Crippen LogP contribution in [0.25, 0.3) is 0 Å². The van der Waals surface area contributed by atoms with Gasteiger partial charge in [-0.05, 0) is 44.3 Å². The van der Waals surface area contributed by atoms with E-state index < -0.39 is 0 Å². The first-order valence-electron chi connectivity index (χ1n) is 7.28. The molecule has 2 unspecified atom stereocenters. The number of unbranched alkanes of at least 4 members (excludes halogenated alkanes) is 2. The first-order chi connectivity index (χ1) is 8.28. The van der Waals surface area contributed by atoms with E-state index in [0.717, 1.165) is 5.25 Å². The summed E-state index contributed by atoms with van der Waals surface area (Å²) < 4.78 is 0. The van der Waals surface area contributed by atoms with Crippen molar-refractivity contribution in [3.05, 3.63) is 0 Å². The van der Waals surface area contributed by atoms with Crippen molar-refractivity contribution < 1.29 is 5.11 Å². The van der Waals surface area contributed by atoms with Gasteiger partial charge in [0.1, 0.15) is 0 Å². The van der Waals surface area contributed by atoms with Crippen molar-refractivity contribution in [2.24, 2.45) is 0 Å². The van der Waals surface area contributed by atoms with E-state index in [4.69, 9.17) is 0 Å². The van der Waals surface area contributed by atoms with Crippen LogP contribution in [0.2, 0.25) is 0 Å². The van der Waals surface area contributed by atoms with Gasteiger partial charge in [-0.15, -0.1) is 0 Å². The fourth-order valence-electron chi connectivity index (χ4n) is 2.80. The lowest BCUT2D eigenvalue weighted by atomic mass is 9.99. The van der Waals surface area contributed by atoms with Crippen LogP contribution in [-0.4, -0.2) is 34.3 Å². The molecule has 0 saturated heterocycles. The van der Waals surface area contributed by atoms with Gasteiger partial charge in [0.25, 0.3) is 0 Å². The van der Waals surface area contributed by atoms with E-state index in [1.54, 1.807) is 0 Å². The highest BCUT2D eigenvalue weighted by atomic mass is 32.2. The van der Waals surface area contributed by atoms with Gasteiger partial charge in [-0.2, -0.15) is 11.8 Å². The molecular formula is C14H27NOS. The summed E-state index contributed by atoms with van der Waals surface area (Å²) in [6, 6.07) is 0.714. The third kappa shape index (κ3) is 4.15. The van der Waals surface area contributed by atoms with Crippen LogP contribution >= 0.6 is 11.8 Å². The Bertz CT molecular complexity index is 232. The predicted octanol–water partition coefficient (Wildman–Crippen LogP) is 2.95. The molecule has 2 aliphatic carbocycles. The van der Waals surface area contributed by atoms with Crippen molar-refractivity contribution in [2.75, 3.05) is 12.4 Å². The fraction of sp³-hybridized carbons (Fsp3) is 1.00. The molecule has 17 heavy (non-hydrogen) atoms. The monoisotopic (exact) mass is 257 g/mol. The number of aliphatic hydroxyl groups is 1. The topological polar surface area (TPSA) is 32.3 Å². The minimum absolute atomic E-state index is 0.0730. The summed E-state index contributed by atoms with van der Waals surface area (Å²) in [5.41, 5.74) is 0.0730. The Morgan fingerprint density at radius 1 is 1.29 bits per heavy atom. The van der Waals surface area contributed by atoms with Crippen LogP contribution in [0.5, 0.6) is 0 Å². The number of rotatable bonds is 8. The second-order valence-electron chi connectivity index (χ2n) is 5.80. The predicted molar refractivity (Wildman–Crippen MR) is 75.6 cm³/mol. The lowest BCUT2D eigenvalue weighted by Crippen LogP contribution is -2.47. The van der Waals surface area contributed by atoms with Crippen LogP contribution < -0.4 is 5.32 Å². The maximum Gasteiger partial charge on any atom is 0.0613 e. The molecule has 100 valence electrons. The molecule has 0 bridgehead atoms. The number of thioether (sulfide) groups is 1.